The molecule has 1 aliphatic carbocycles. The highest BCUT2D eigenvalue weighted by atomic mass is 32.2. The van der Waals surface area contributed by atoms with Crippen molar-refractivity contribution in [3.05, 3.63) is 75.3 Å². The Morgan fingerprint density at radius 2 is 1.69 bits per heavy atom. The molecule has 2 N–H and O–H groups in total. The first-order chi connectivity index (χ1) is 28.5. The average Bonchev–Trinajstić information content (AvgIpc) is 3.84. The number of hydrogen-bond donors (Lipinski definition) is 2. The number of nitrogens with one attached hydrogen (secondary N) is 2. The summed E-state index contributed by atoms with van der Waals surface area (Å²) in [5, 5.41) is 6.07. The average molecular weight is 820 g/mol. The van der Waals surface area contributed by atoms with Crippen molar-refractivity contribution < 1.29 is 28.8 Å². The number of nitrogens with zero attached hydrogens (tertiary/aromatic N) is 7. The number of thioether (sulfide) groups is 1. The largest absolute Gasteiger partial charge is 0.367 e. The molecule has 6 heterocycles. The van der Waals surface area contributed by atoms with E-state index in [0.717, 1.165) is 42.7 Å². The molecule has 16 nitrogen and oxygen atoms in total. The van der Waals surface area contributed by atoms with E-state index in [1.54, 1.807) is 42.1 Å². The number of fused-ring (bicyclic) bond motifs is 2. The van der Waals surface area contributed by atoms with E-state index >= 15 is 0 Å². The molecule has 17 heteroatoms. The number of piperidine rings is 1. The maximum Gasteiger partial charge on any atom is 0.263 e. The van der Waals surface area contributed by atoms with Gasteiger partial charge >= 0.3 is 0 Å². The molecule has 4 aromatic rings. The van der Waals surface area contributed by atoms with Crippen LogP contribution in [0, 0.1) is 6.92 Å². The minimum Gasteiger partial charge on any atom is -0.367 e. The smallest absolute Gasteiger partial charge is 0.263 e. The summed E-state index contributed by atoms with van der Waals surface area (Å²) in [7, 11) is 0. The molecule has 1 aromatic carbocycles. The number of aromatic nitrogens is 4. The molecule has 306 valence electrons. The summed E-state index contributed by atoms with van der Waals surface area (Å²) in [6, 6.07) is 7.87. The second-order valence-corrected chi connectivity index (χ2v) is 16.6. The molecule has 0 spiro atoms. The lowest BCUT2D eigenvalue weighted by molar-refractivity contribution is -0.136. The van der Waals surface area contributed by atoms with E-state index in [1.165, 1.54) is 18.7 Å². The topological polar surface area (TPSA) is 197 Å². The molecule has 8 rings (SSSR count). The Kier molecular flexibility index (Phi) is 11.3. The van der Waals surface area contributed by atoms with Crippen molar-refractivity contribution in [2.24, 2.45) is 0 Å². The number of imide groups is 2. The number of hydrogen-bond acceptors (Lipinski definition) is 13. The third-order valence-electron chi connectivity index (χ3n) is 11.7. The maximum absolute atomic E-state index is 13.6. The molecule has 5 amide bonds. The molecule has 0 radical (unpaired) electrons. The van der Waals surface area contributed by atoms with Crippen LogP contribution in [-0.4, -0.2) is 103 Å². The van der Waals surface area contributed by atoms with Crippen LogP contribution in [0.1, 0.15) is 107 Å². The zero-order chi connectivity index (χ0) is 41.4. The van der Waals surface area contributed by atoms with Crippen LogP contribution in [-0.2, 0) is 14.4 Å². The van der Waals surface area contributed by atoms with E-state index in [-0.39, 0.29) is 52.8 Å². The monoisotopic (exact) mass is 819 g/mol. The highest BCUT2D eigenvalue weighted by Gasteiger charge is 2.45. The number of carbonyl (C=O) groups is 6. The van der Waals surface area contributed by atoms with E-state index in [4.69, 9.17) is 4.98 Å². The van der Waals surface area contributed by atoms with Crippen LogP contribution in [0.15, 0.2) is 52.4 Å². The number of rotatable bonds is 12. The number of amides is 5. The lowest BCUT2D eigenvalue weighted by Gasteiger charge is -2.36. The fourth-order valence-electron chi connectivity index (χ4n) is 8.61. The van der Waals surface area contributed by atoms with E-state index in [2.05, 4.69) is 25.5 Å². The Morgan fingerprint density at radius 3 is 2.41 bits per heavy atom. The highest BCUT2D eigenvalue weighted by molar-refractivity contribution is 7.99. The SMILES string of the molecule is CC(=O)c1c(C)c2cnc(Nc3ccc(N4CCN(C(=O)CCCCSc5cccc6c5C(=O)N(C5CCC(=O)NC5=O)C6=O)CC4)cn3)nc2n(C2CCCC2)c1=O. The summed E-state index contributed by atoms with van der Waals surface area (Å²) in [4.78, 5) is 109. The molecule has 2 saturated heterocycles. The quantitative estimate of drug-likeness (QED) is 0.0874. The molecular weight excluding hydrogens is 775 g/mol. The highest BCUT2D eigenvalue weighted by Crippen LogP contribution is 2.35. The third kappa shape index (κ3) is 7.82. The van der Waals surface area contributed by atoms with Crippen molar-refractivity contribution >= 4 is 75.6 Å². The molecular formula is C42H45N9O7S. The van der Waals surface area contributed by atoms with Crippen LogP contribution in [0.4, 0.5) is 17.5 Å². The normalized spacial score (nSPS) is 18.5. The van der Waals surface area contributed by atoms with Crippen LogP contribution in [0.25, 0.3) is 11.0 Å². The Morgan fingerprint density at radius 1 is 0.915 bits per heavy atom. The molecule has 1 atom stereocenters. The molecule has 0 bridgehead atoms. The Labute approximate surface area is 344 Å². The Balaban J connectivity index is 0.812. The standard InChI is InChI=1S/C42H45N9O7S/c1-24-29-23-44-42(47-37(29)50(26-8-3-4-9-26)40(57)35(24)25(2)52)45-32-15-13-27(22-43-32)48-17-19-49(20-18-48)34(54)12-5-6-21-59-31-11-7-10-28-36(31)41(58)51(39(28)56)30-14-16-33(53)46-38(30)55/h7,10-11,13,15,22-23,26,30H,3-6,8-9,12,14,16-21H2,1-2H3,(H,46,53,55)(H,43,44,45,47). The van der Waals surface area contributed by atoms with Gasteiger partial charge in [0.1, 0.15) is 17.5 Å². The third-order valence-corrected chi connectivity index (χ3v) is 12.9. The fourth-order valence-corrected chi connectivity index (χ4v) is 9.69. The number of anilines is 3. The zero-order valence-corrected chi connectivity index (χ0v) is 33.8. The maximum atomic E-state index is 13.6. The van der Waals surface area contributed by atoms with Gasteiger partial charge in [0.25, 0.3) is 17.4 Å². The van der Waals surface area contributed by atoms with E-state index in [0.29, 0.717) is 78.0 Å². The van der Waals surface area contributed by atoms with Gasteiger partial charge in [-0.1, -0.05) is 18.9 Å². The molecule has 4 aliphatic rings. The zero-order valence-electron chi connectivity index (χ0n) is 33.0. The van der Waals surface area contributed by atoms with Gasteiger partial charge in [-0.15, -0.1) is 11.8 Å². The predicted molar refractivity (Wildman–Crippen MR) is 220 cm³/mol. The minimum atomic E-state index is -1.01. The number of benzene rings is 1. The minimum absolute atomic E-state index is 0.0156. The second kappa shape index (κ2) is 16.7. The van der Waals surface area contributed by atoms with Crippen molar-refractivity contribution in [2.45, 2.75) is 88.6 Å². The van der Waals surface area contributed by atoms with Crippen LogP contribution in [0.3, 0.4) is 0 Å². The van der Waals surface area contributed by atoms with Gasteiger partial charge in [0.15, 0.2) is 5.78 Å². The second-order valence-electron chi connectivity index (χ2n) is 15.4. The number of pyridine rings is 2. The van der Waals surface area contributed by atoms with Gasteiger partial charge in [-0.05, 0) is 81.5 Å². The number of Topliss-reactive ketones (excluding diaryl/α,β-unsaturated/α-hetero) is 1. The summed E-state index contributed by atoms with van der Waals surface area (Å²) < 4.78 is 1.69. The molecule has 3 aromatic heterocycles. The van der Waals surface area contributed by atoms with E-state index < -0.39 is 29.7 Å². The number of unbranched alkanes of at least 4 members (excludes halogenated alkanes) is 1. The van der Waals surface area contributed by atoms with Crippen LogP contribution >= 0.6 is 11.8 Å². The summed E-state index contributed by atoms with van der Waals surface area (Å²) in [6.45, 7) is 5.68. The van der Waals surface area contributed by atoms with Gasteiger partial charge < -0.3 is 15.1 Å². The van der Waals surface area contributed by atoms with Gasteiger partial charge in [0.05, 0.1) is 28.6 Å². The van der Waals surface area contributed by atoms with Gasteiger partial charge in [-0.2, -0.15) is 4.98 Å². The molecule has 1 unspecified atom stereocenters. The predicted octanol–water partition coefficient (Wildman–Crippen LogP) is 4.57. The summed E-state index contributed by atoms with van der Waals surface area (Å²) in [5.41, 5.74) is 2.47. The van der Waals surface area contributed by atoms with Crippen molar-refractivity contribution in [1.82, 2.24) is 34.6 Å². The fraction of sp³-hybridized carbons (Fsp3) is 0.429. The van der Waals surface area contributed by atoms with Gasteiger partial charge in [0.2, 0.25) is 23.7 Å². The lowest BCUT2D eigenvalue weighted by atomic mass is 10.0. The van der Waals surface area contributed by atoms with Gasteiger partial charge in [-0.3, -0.25) is 48.3 Å². The van der Waals surface area contributed by atoms with E-state index in [9.17, 15) is 33.6 Å². The number of piperazine rings is 1. The van der Waals surface area contributed by atoms with Crippen molar-refractivity contribution in [3.63, 3.8) is 0 Å². The summed E-state index contributed by atoms with van der Waals surface area (Å²) >= 11 is 1.45. The van der Waals surface area contributed by atoms with Crippen molar-refractivity contribution in [2.75, 3.05) is 42.1 Å². The lowest BCUT2D eigenvalue weighted by Crippen LogP contribution is -2.54. The molecule has 3 fully saturated rings. The number of carbonyl (C=O) groups excluding carboxylic acids is 6. The van der Waals surface area contributed by atoms with Crippen LogP contribution in [0.5, 0.6) is 0 Å². The van der Waals surface area contributed by atoms with Crippen LogP contribution < -0.4 is 21.1 Å². The van der Waals surface area contributed by atoms with Crippen molar-refractivity contribution in [1.29, 1.82) is 0 Å². The van der Waals surface area contributed by atoms with E-state index in [1.807, 2.05) is 17.0 Å². The molecule has 1 saturated carbocycles. The number of ketones is 1. The summed E-state index contributed by atoms with van der Waals surface area (Å²) in [6.07, 6.45) is 9.17. The Hall–Kier alpha value is -5.97. The van der Waals surface area contributed by atoms with Gasteiger partial charge in [-0.25, -0.2) is 9.97 Å². The first kappa shape index (κ1) is 39.8. The van der Waals surface area contributed by atoms with Gasteiger partial charge in [0, 0.05) is 61.5 Å². The van der Waals surface area contributed by atoms with Crippen LogP contribution in [0.2, 0.25) is 0 Å². The molecule has 59 heavy (non-hydrogen) atoms. The first-order valence-electron chi connectivity index (χ1n) is 20.2. The molecule has 3 aliphatic heterocycles. The Bertz CT molecular complexity index is 2440. The first-order valence-corrected chi connectivity index (χ1v) is 21.1. The number of aryl methyl sites for hydroxylation is 1. The van der Waals surface area contributed by atoms with Crippen molar-refractivity contribution in [3.8, 4) is 0 Å². The summed E-state index contributed by atoms with van der Waals surface area (Å²) in [5.74, 6) is -0.787.